The number of hydrogen-bond acceptors (Lipinski definition) is 1. The van der Waals surface area contributed by atoms with Gasteiger partial charge in [-0.25, -0.2) is 8.78 Å². The fourth-order valence-electron chi connectivity index (χ4n) is 9.48. The molecule has 0 saturated heterocycles. The normalized spacial score (nSPS) is 19.7. The molecule has 1 aliphatic heterocycles. The van der Waals surface area contributed by atoms with Gasteiger partial charge in [-0.2, -0.15) is 0 Å². The zero-order valence-corrected chi connectivity index (χ0v) is 25.7. The molecule has 1 saturated carbocycles. The molecule has 5 aromatic rings. The van der Waals surface area contributed by atoms with E-state index in [1.54, 1.807) is 24.3 Å². The average molecular weight is 583 g/mol. The van der Waals surface area contributed by atoms with Crippen molar-refractivity contribution in [2.75, 3.05) is 0 Å². The van der Waals surface area contributed by atoms with Crippen LogP contribution in [0.15, 0.2) is 103 Å². The maximum absolute atomic E-state index is 14.2. The third-order valence-electron chi connectivity index (χ3n) is 10.2. The van der Waals surface area contributed by atoms with Crippen molar-refractivity contribution < 1.29 is 13.5 Å². The lowest BCUT2D eigenvalue weighted by molar-refractivity contribution is 0.0642. The molecule has 0 amide bonds. The average Bonchev–Trinajstić information content (AvgIpc) is 3.25. The molecular formula is C41H36F2O. The van der Waals surface area contributed by atoms with Gasteiger partial charge in [0.1, 0.15) is 17.4 Å². The van der Waals surface area contributed by atoms with Crippen LogP contribution >= 0.6 is 0 Å². The zero-order chi connectivity index (χ0) is 30.5. The van der Waals surface area contributed by atoms with E-state index in [4.69, 9.17) is 4.74 Å². The van der Waals surface area contributed by atoms with Gasteiger partial charge in [0.25, 0.3) is 0 Å². The van der Waals surface area contributed by atoms with Crippen LogP contribution in [0.25, 0.3) is 28.0 Å². The molecule has 1 spiro atoms. The highest BCUT2D eigenvalue weighted by Crippen LogP contribution is 2.66. The van der Waals surface area contributed by atoms with Gasteiger partial charge in [0.05, 0.1) is 0 Å². The Bertz CT molecular complexity index is 1920. The Morgan fingerprint density at radius 2 is 1.16 bits per heavy atom. The minimum absolute atomic E-state index is 0.139. The Morgan fingerprint density at radius 3 is 1.77 bits per heavy atom. The first-order valence-electron chi connectivity index (χ1n) is 15.6. The fraction of sp³-hybridized carbons (Fsp3) is 0.268. The van der Waals surface area contributed by atoms with Crippen LogP contribution in [0.1, 0.15) is 74.8 Å². The van der Waals surface area contributed by atoms with Crippen molar-refractivity contribution in [2.45, 2.75) is 58.0 Å². The van der Waals surface area contributed by atoms with E-state index in [1.807, 2.05) is 0 Å². The van der Waals surface area contributed by atoms with Crippen LogP contribution in [-0.2, 0) is 11.0 Å². The highest BCUT2D eigenvalue weighted by atomic mass is 19.1. The highest BCUT2D eigenvalue weighted by Gasteiger charge is 2.55. The summed E-state index contributed by atoms with van der Waals surface area (Å²) in [6.07, 6.45) is 7.60. The summed E-state index contributed by atoms with van der Waals surface area (Å²) in [4.78, 5) is 0. The van der Waals surface area contributed by atoms with Gasteiger partial charge in [0.2, 0.25) is 0 Å². The van der Waals surface area contributed by atoms with Crippen molar-refractivity contribution in [2.24, 2.45) is 10.8 Å². The van der Waals surface area contributed by atoms with Crippen molar-refractivity contribution in [1.29, 1.82) is 0 Å². The van der Waals surface area contributed by atoms with Gasteiger partial charge in [-0.15, -0.1) is 0 Å². The quantitative estimate of drug-likeness (QED) is 0.201. The SMILES string of the molecule is CC1(C)CC(C)(C)CC2(C1)c1ccccc1-c1c2c2c(c3ccccc13)OC(c1ccc(F)cc1)(c1ccc(F)cc1)C=C2. The van der Waals surface area contributed by atoms with Crippen molar-refractivity contribution in [3.8, 4) is 16.9 Å². The molecule has 1 fully saturated rings. The summed E-state index contributed by atoms with van der Waals surface area (Å²) < 4.78 is 35.7. The molecule has 3 heteroatoms. The van der Waals surface area contributed by atoms with E-state index in [0.29, 0.717) is 0 Å². The molecule has 0 bridgehead atoms. The minimum atomic E-state index is -1.06. The predicted octanol–water partition coefficient (Wildman–Crippen LogP) is 11.0. The minimum Gasteiger partial charge on any atom is -0.472 e. The number of halogens is 2. The number of benzene rings is 5. The van der Waals surface area contributed by atoms with Crippen LogP contribution in [0.4, 0.5) is 8.78 Å². The summed E-state index contributed by atoms with van der Waals surface area (Å²) in [5, 5.41) is 2.22. The molecule has 5 aromatic carbocycles. The second kappa shape index (κ2) is 9.14. The molecular weight excluding hydrogens is 546 g/mol. The van der Waals surface area contributed by atoms with Crippen LogP contribution < -0.4 is 4.74 Å². The summed E-state index contributed by atoms with van der Waals surface area (Å²) in [5.74, 6) is 0.200. The molecule has 1 nitrogen and oxygen atoms in total. The number of rotatable bonds is 2. The van der Waals surface area contributed by atoms with Gasteiger partial charge in [-0.3, -0.25) is 0 Å². The topological polar surface area (TPSA) is 9.23 Å². The molecule has 0 aromatic heterocycles. The monoisotopic (exact) mass is 582 g/mol. The highest BCUT2D eigenvalue weighted by molar-refractivity contribution is 6.08. The third kappa shape index (κ3) is 3.87. The summed E-state index contributed by atoms with van der Waals surface area (Å²) in [5.41, 5.74) is 7.13. The van der Waals surface area contributed by atoms with E-state index in [0.717, 1.165) is 40.7 Å². The number of ether oxygens (including phenoxy) is 1. The van der Waals surface area contributed by atoms with Gasteiger partial charge in [0.15, 0.2) is 5.60 Å². The molecule has 44 heavy (non-hydrogen) atoms. The molecule has 0 radical (unpaired) electrons. The molecule has 0 N–H and O–H groups in total. The van der Waals surface area contributed by atoms with Crippen LogP contribution in [0.3, 0.4) is 0 Å². The smallest absolute Gasteiger partial charge is 0.178 e. The van der Waals surface area contributed by atoms with Crippen LogP contribution in [0.5, 0.6) is 5.75 Å². The van der Waals surface area contributed by atoms with Gasteiger partial charge >= 0.3 is 0 Å². The Labute approximate surface area is 258 Å². The van der Waals surface area contributed by atoms with Gasteiger partial charge in [-0.1, -0.05) is 107 Å². The first-order chi connectivity index (χ1) is 21.0. The molecule has 220 valence electrons. The molecule has 3 aliphatic rings. The number of fused-ring (bicyclic) bond motifs is 10. The first-order valence-corrected chi connectivity index (χ1v) is 15.6. The van der Waals surface area contributed by atoms with Crippen LogP contribution in [-0.4, -0.2) is 0 Å². The van der Waals surface area contributed by atoms with E-state index >= 15 is 0 Å². The third-order valence-corrected chi connectivity index (χ3v) is 10.2. The van der Waals surface area contributed by atoms with E-state index < -0.39 is 5.60 Å². The van der Waals surface area contributed by atoms with Crippen molar-refractivity contribution >= 4 is 16.8 Å². The van der Waals surface area contributed by atoms with E-state index in [2.05, 4.69) is 88.4 Å². The van der Waals surface area contributed by atoms with E-state index in [-0.39, 0.29) is 27.9 Å². The lowest BCUT2D eigenvalue weighted by Gasteiger charge is -2.52. The van der Waals surface area contributed by atoms with Crippen molar-refractivity contribution in [1.82, 2.24) is 0 Å². The second-order valence-corrected chi connectivity index (χ2v) is 14.7. The predicted molar refractivity (Wildman–Crippen MR) is 175 cm³/mol. The Kier molecular flexibility index (Phi) is 5.67. The Balaban J connectivity index is 1.47. The van der Waals surface area contributed by atoms with Crippen molar-refractivity contribution in [3.05, 3.63) is 143 Å². The molecule has 0 unspecified atom stereocenters. The standard InChI is InChI=1S/C41H36F2O/c1-38(2)23-39(3,4)25-40(24-38)34-12-8-7-11-32(34)35-30-9-5-6-10-31(30)37-33(36(35)40)21-22-41(44-37,26-13-17-28(42)18-14-26)27-15-19-29(43)20-16-27/h5-22H,23-25H2,1-4H3. The lowest BCUT2D eigenvalue weighted by Crippen LogP contribution is -2.44. The van der Waals surface area contributed by atoms with Gasteiger partial charge in [0, 0.05) is 27.5 Å². The van der Waals surface area contributed by atoms with Gasteiger partial charge in [-0.05, 0) is 88.1 Å². The maximum Gasteiger partial charge on any atom is 0.178 e. The number of hydrogen-bond donors (Lipinski definition) is 0. The summed E-state index contributed by atoms with van der Waals surface area (Å²) >= 11 is 0. The molecule has 0 atom stereocenters. The summed E-state index contributed by atoms with van der Waals surface area (Å²) in [7, 11) is 0. The van der Waals surface area contributed by atoms with Crippen LogP contribution in [0.2, 0.25) is 0 Å². The largest absolute Gasteiger partial charge is 0.472 e. The van der Waals surface area contributed by atoms with Crippen molar-refractivity contribution in [3.63, 3.8) is 0 Å². The summed E-state index contributed by atoms with van der Waals surface area (Å²) in [6.45, 7) is 9.68. The van der Waals surface area contributed by atoms with Crippen LogP contribution in [0, 0.1) is 22.5 Å². The Morgan fingerprint density at radius 1 is 0.614 bits per heavy atom. The first kappa shape index (κ1) is 27.3. The molecule has 1 heterocycles. The summed E-state index contributed by atoms with van der Waals surface area (Å²) in [6, 6.07) is 30.5. The molecule has 2 aliphatic carbocycles. The van der Waals surface area contributed by atoms with Gasteiger partial charge < -0.3 is 4.74 Å². The second-order valence-electron chi connectivity index (χ2n) is 14.7. The fourth-order valence-corrected chi connectivity index (χ4v) is 9.48. The van der Waals surface area contributed by atoms with E-state index in [9.17, 15) is 8.78 Å². The van der Waals surface area contributed by atoms with E-state index in [1.165, 1.54) is 58.3 Å². The molecule has 8 rings (SSSR count). The lowest BCUT2D eigenvalue weighted by atomic mass is 9.52. The maximum atomic E-state index is 14.2. The Hall–Kier alpha value is -4.24. The zero-order valence-electron chi connectivity index (χ0n) is 25.7.